The number of methoxy groups -OCH3 is 1. The Morgan fingerprint density at radius 3 is 2.48 bits per heavy atom. The predicted molar refractivity (Wildman–Crippen MR) is 87.9 cm³/mol. The van der Waals surface area contributed by atoms with Crippen LogP contribution in [0, 0.1) is 0 Å². The van der Waals surface area contributed by atoms with Crippen LogP contribution >= 0.6 is 11.6 Å². The van der Waals surface area contributed by atoms with Crippen LogP contribution in [0.25, 0.3) is 0 Å². The van der Waals surface area contributed by atoms with Crippen molar-refractivity contribution in [3.05, 3.63) is 35.4 Å². The third kappa shape index (κ3) is 5.83. The summed E-state index contributed by atoms with van der Waals surface area (Å²) in [7, 11) is 1.20. The number of benzene rings is 1. The molecular formula is C16H20ClNO5. The van der Waals surface area contributed by atoms with Crippen molar-refractivity contribution >= 4 is 29.4 Å². The van der Waals surface area contributed by atoms with Crippen molar-refractivity contribution < 1.29 is 23.8 Å². The molecule has 7 heteroatoms. The van der Waals surface area contributed by atoms with E-state index in [4.69, 9.17) is 21.1 Å². The van der Waals surface area contributed by atoms with Gasteiger partial charge in [0.25, 0.3) is 0 Å². The van der Waals surface area contributed by atoms with Gasteiger partial charge in [-0.15, -0.1) is 0 Å². The zero-order chi connectivity index (χ0) is 17.6. The van der Waals surface area contributed by atoms with E-state index in [1.165, 1.54) is 7.11 Å². The maximum Gasteiger partial charge on any atom is 0.412 e. The third-order valence-electron chi connectivity index (χ3n) is 2.63. The summed E-state index contributed by atoms with van der Waals surface area (Å²) >= 11 is 6.02. The zero-order valence-corrected chi connectivity index (χ0v) is 14.3. The molecule has 23 heavy (non-hydrogen) atoms. The topological polar surface area (TPSA) is 73.9 Å². The van der Waals surface area contributed by atoms with Gasteiger partial charge in [-0.3, -0.25) is 5.32 Å². The monoisotopic (exact) mass is 341 g/mol. The van der Waals surface area contributed by atoms with Gasteiger partial charge in [0, 0.05) is 11.8 Å². The van der Waals surface area contributed by atoms with Crippen molar-refractivity contribution in [2.24, 2.45) is 0 Å². The van der Waals surface area contributed by atoms with Crippen LogP contribution in [0.4, 0.5) is 10.5 Å². The molecular weight excluding hydrogens is 322 g/mol. The number of rotatable bonds is 6. The minimum atomic E-state index is -1.17. The van der Waals surface area contributed by atoms with Crippen molar-refractivity contribution in [2.45, 2.75) is 33.0 Å². The van der Waals surface area contributed by atoms with Gasteiger partial charge in [0.2, 0.25) is 6.10 Å². The van der Waals surface area contributed by atoms with Crippen LogP contribution < -0.4 is 10.1 Å². The fraction of sp³-hybridized carbons (Fsp3) is 0.375. The van der Waals surface area contributed by atoms with E-state index in [0.29, 0.717) is 22.0 Å². The Balaban J connectivity index is 2.80. The Bertz CT molecular complexity index is 600. The highest BCUT2D eigenvalue weighted by molar-refractivity contribution is 6.32. The molecule has 0 aromatic heterocycles. The quantitative estimate of drug-likeness (QED) is 0.629. The Morgan fingerprint density at radius 2 is 1.96 bits per heavy atom. The smallest absolute Gasteiger partial charge is 0.412 e. The summed E-state index contributed by atoms with van der Waals surface area (Å²) in [6, 6.07) is 4.74. The minimum absolute atomic E-state index is 0.0678. The second-order valence-electron chi connectivity index (χ2n) is 5.09. The highest BCUT2D eigenvalue weighted by Crippen LogP contribution is 2.28. The van der Waals surface area contributed by atoms with Gasteiger partial charge in [-0.05, 0) is 38.5 Å². The summed E-state index contributed by atoms with van der Waals surface area (Å²) < 4.78 is 15.1. The van der Waals surface area contributed by atoms with E-state index in [1.54, 1.807) is 25.1 Å². The first-order valence-electron chi connectivity index (χ1n) is 6.91. The Hall–Kier alpha value is -2.21. The van der Waals surface area contributed by atoms with Gasteiger partial charge in [-0.2, -0.15) is 0 Å². The molecule has 6 nitrogen and oxygen atoms in total. The zero-order valence-electron chi connectivity index (χ0n) is 13.5. The van der Waals surface area contributed by atoms with Gasteiger partial charge in [0.15, 0.2) is 0 Å². The fourth-order valence-electron chi connectivity index (χ4n) is 1.64. The number of hydrogen-bond donors (Lipinski definition) is 1. The van der Waals surface area contributed by atoms with Crippen LogP contribution in [0.15, 0.2) is 30.4 Å². The predicted octanol–water partition coefficient (Wildman–Crippen LogP) is 3.79. The fourth-order valence-corrected chi connectivity index (χ4v) is 1.80. The van der Waals surface area contributed by atoms with E-state index >= 15 is 0 Å². The molecule has 1 aromatic rings. The molecule has 1 amide bonds. The van der Waals surface area contributed by atoms with Crippen LogP contribution in [-0.2, 0) is 14.3 Å². The van der Waals surface area contributed by atoms with E-state index in [-0.39, 0.29) is 6.10 Å². The molecule has 0 saturated carbocycles. The Labute approximate surface area is 140 Å². The van der Waals surface area contributed by atoms with E-state index in [0.717, 1.165) is 0 Å². The van der Waals surface area contributed by atoms with E-state index in [2.05, 4.69) is 16.6 Å². The van der Waals surface area contributed by atoms with Crippen molar-refractivity contribution in [1.29, 1.82) is 0 Å². The normalized spacial score (nSPS) is 11.6. The molecule has 0 heterocycles. The highest BCUT2D eigenvalue weighted by Gasteiger charge is 2.24. The Kier molecular flexibility index (Phi) is 6.90. The first-order valence-corrected chi connectivity index (χ1v) is 7.29. The van der Waals surface area contributed by atoms with E-state index in [1.807, 2.05) is 13.8 Å². The summed E-state index contributed by atoms with van der Waals surface area (Å²) in [6.45, 7) is 8.88. The number of halogens is 1. The van der Waals surface area contributed by atoms with Crippen molar-refractivity contribution in [2.75, 3.05) is 12.4 Å². The first kappa shape index (κ1) is 18.8. The number of carbonyl (C=O) groups excluding carboxylic acids is 2. The van der Waals surface area contributed by atoms with Crippen molar-refractivity contribution in [3.63, 3.8) is 0 Å². The largest absolute Gasteiger partial charge is 0.489 e. The van der Waals surface area contributed by atoms with Crippen LogP contribution in [0.3, 0.4) is 0 Å². The number of amides is 1. The molecule has 0 bridgehead atoms. The molecule has 0 fully saturated rings. The molecule has 0 aliphatic heterocycles. The Morgan fingerprint density at radius 1 is 1.30 bits per heavy atom. The standard InChI is InChI=1S/C16H20ClNO5/c1-9(2)14(15(19)21-5)23-16(20)18-11-6-7-12(17)13(8-11)22-10(3)4/h6-8,10,14H,1H2,2-5H3,(H,18,20). The summed E-state index contributed by atoms with van der Waals surface area (Å²) in [5.41, 5.74) is 0.771. The average Bonchev–Trinajstić information content (AvgIpc) is 2.46. The van der Waals surface area contributed by atoms with Gasteiger partial charge in [-0.1, -0.05) is 18.2 Å². The second-order valence-corrected chi connectivity index (χ2v) is 5.50. The van der Waals surface area contributed by atoms with Gasteiger partial charge in [0.1, 0.15) is 5.75 Å². The molecule has 1 N–H and O–H groups in total. The van der Waals surface area contributed by atoms with Gasteiger partial charge < -0.3 is 14.2 Å². The van der Waals surface area contributed by atoms with Crippen LogP contribution in [0.5, 0.6) is 5.75 Å². The number of esters is 1. The van der Waals surface area contributed by atoms with Crippen LogP contribution in [-0.4, -0.2) is 31.4 Å². The number of nitrogens with one attached hydrogen (secondary N) is 1. The van der Waals surface area contributed by atoms with Gasteiger partial charge >= 0.3 is 12.1 Å². The van der Waals surface area contributed by atoms with Crippen molar-refractivity contribution in [3.8, 4) is 5.75 Å². The number of ether oxygens (including phenoxy) is 3. The highest BCUT2D eigenvalue weighted by atomic mass is 35.5. The maximum atomic E-state index is 11.9. The van der Waals surface area contributed by atoms with Crippen LogP contribution in [0.2, 0.25) is 5.02 Å². The lowest BCUT2D eigenvalue weighted by atomic mass is 10.2. The molecule has 126 valence electrons. The summed E-state index contributed by atoms with van der Waals surface area (Å²) in [5, 5.41) is 2.92. The molecule has 1 atom stereocenters. The molecule has 0 aliphatic carbocycles. The lowest BCUT2D eigenvalue weighted by molar-refractivity contribution is -0.148. The van der Waals surface area contributed by atoms with Crippen LogP contribution in [0.1, 0.15) is 20.8 Å². The van der Waals surface area contributed by atoms with E-state index < -0.39 is 18.2 Å². The molecule has 0 spiro atoms. The first-order chi connectivity index (χ1) is 10.7. The molecule has 0 saturated heterocycles. The number of anilines is 1. The maximum absolute atomic E-state index is 11.9. The van der Waals surface area contributed by atoms with Gasteiger partial charge in [0.05, 0.1) is 18.2 Å². The third-order valence-corrected chi connectivity index (χ3v) is 2.94. The number of carbonyl (C=O) groups is 2. The average molecular weight is 342 g/mol. The van der Waals surface area contributed by atoms with Crippen molar-refractivity contribution in [1.82, 2.24) is 0 Å². The summed E-state index contributed by atoms with van der Waals surface area (Å²) in [5.74, 6) is -0.267. The lowest BCUT2D eigenvalue weighted by Crippen LogP contribution is -2.31. The molecule has 1 unspecified atom stereocenters. The van der Waals surface area contributed by atoms with E-state index in [9.17, 15) is 9.59 Å². The molecule has 0 radical (unpaired) electrons. The number of hydrogen-bond acceptors (Lipinski definition) is 5. The lowest BCUT2D eigenvalue weighted by Gasteiger charge is -2.17. The second kappa shape index (κ2) is 8.43. The SMILES string of the molecule is C=C(C)C(OC(=O)Nc1ccc(Cl)c(OC(C)C)c1)C(=O)OC. The molecule has 1 rings (SSSR count). The summed E-state index contributed by atoms with van der Waals surface area (Å²) in [4.78, 5) is 23.4. The molecule has 1 aromatic carbocycles. The summed E-state index contributed by atoms with van der Waals surface area (Å²) in [6.07, 6.45) is -2.05. The van der Waals surface area contributed by atoms with Gasteiger partial charge in [-0.25, -0.2) is 9.59 Å². The molecule has 0 aliphatic rings. The minimum Gasteiger partial charge on any atom is -0.489 e.